The second-order valence-electron chi connectivity index (χ2n) is 4.63. The molecule has 1 amide bonds. The zero-order chi connectivity index (χ0) is 13.4. The van der Waals surface area contributed by atoms with Gasteiger partial charge in [0.25, 0.3) is 5.91 Å². The van der Waals surface area contributed by atoms with Gasteiger partial charge >= 0.3 is 0 Å². The number of carbonyl (C=O) groups is 1. The van der Waals surface area contributed by atoms with Crippen LogP contribution in [0.25, 0.3) is 10.9 Å². The number of hydrogen-bond acceptors (Lipinski definition) is 2. The summed E-state index contributed by atoms with van der Waals surface area (Å²) in [6.07, 6.45) is 1.88. The number of carbonyl (C=O) groups excluding carboxylic acids is 1. The van der Waals surface area contributed by atoms with E-state index in [0.29, 0.717) is 36.4 Å². The Morgan fingerprint density at radius 1 is 1.53 bits per heavy atom. The first-order valence-electron chi connectivity index (χ1n) is 6.37. The van der Waals surface area contributed by atoms with Crippen LogP contribution in [0.2, 0.25) is 5.02 Å². The molecule has 5 heteroatoms. The van der Waals surface area contributed by atoms with Gasteiger partial charge in [0.05, 0.1) is 35.4 Å². The molecule has 19 heavy (non-hydrogen) atoms. The fourth-order valence-electron chi connectivity index (χ4n) is 2.38. The summed E-state index contributed by atoms with van der Waals surface area (Å²) in [5.41, 5.74) is 1.62. The van der Waals surface area contributed by atoms with Crippen molar-refractivity contribution in [2.45, 2.75) is 13.0 Å². The normalized spacial score (nSPS) is 15.5. The number of amides is 1. The maximum atomic E-state index is 12.1. The number of nitrogens with zero attached hydrogens (tertiary/aromatic N) is 1. The predicted octanol–water partition coefficient (Wildman–Crippen LogP) is 2.62. The fourth-order valence-corrected chi connectivity index (χ4v) is 2.65. The van der Waals surface area contributed by atoms with Crippen LogP contribution in [0, 0.1) is 0 Å². The number of hydrogen-bond donors (Lipinski definition) is 1. The first-order valence-corrected chi connectivity index (χ1v) is 6.75. The zero-order valence-electron chi connectivity index (χ0n) is 10.6. The molecular weight excluding hydrogens is 264 g/mol. The highest BCUT2D eigenvalue weighted by molar-refractivity contribution is 6.36. The van der Waals surface area contributed by atoms with Gasteiger partial charge in [0, 0.05) is 18.1 Å². The molecule has 1 aliphatic heterocycles. The van der Waals surface area contributed by atoms with Gasteiger partial charge in [-0.1, -0.05) is 17.7 Å². The van der Waals surface area contributed by atoms with Gasteiger partial charge in [-0.25, -0.2) is 0 Å². The van der Waals surface area contributed by atoms with Gasteiger partial charge in [-0.2, -0.15) is 0 Å². The van der Waals surface area contributed by atoms with Gasteiger partial charge in [0.2, 0.25) is 0 Å². The molecule has 0 bridgehead atoms. The van der Waals surface area contributed by atoms with Crippen LogP contribution < -0.4 is 5.32 Å². The molecule has 0 atom stereocenters. The van der Waals surface area contributed by atoms with Crippen LogP contribution in [-0.2, 0) is 4.74 Å². The van der Waals surface area contributed by atoms with Crippen LogP contribution in [0.15, 0.2) is 24.4 Å². The first kappa shape index (κ1) is 12.5. The van der Waals surface area contributed by atoms with Gasteiger partial charge < -0.3 is 14.6 Å². The molecule has 1 N–H and O–H groups in total. The lowest BCUT2D eigenvalue weighted by molar-refractivity contribution is -0.0214. The molecule has 1 aliphatic rings. The molecule has 100 valence electrons. The first-order chi connectivity index (χ1) is 9.22. The highest BCUT2D eigenvalue weighted by atomic mass is 35.5. The van der Waals surface area contributed by atoms with Crippen molar-refractivity contribution in [3.05, 3.63) is 35.0 Å². The smallest absolute Gasteiger partial charge is 0.253 e. The van der Waals surface area contributed by atoms with Crippen LogP contribution in [0.3, 0.4) is 0 Å². The largest absolute Gasteiger partial charge is 0.377 e. The Morgan fingerprint density at radius 3 is 2.95 bits per heavy atom. The van der Waals surface area contributed by atoms with Gasteiger partial charge in [-0.05, 0) is 19.1 Å². The van der Waals surface area contributed by atoms with Crippen LogP contribution >= 0.6 is 11.6 Å². The van der Waals surface area contributed by atoms with Crippen molar-refractivity contribution < 1.29 is 9.53 Å². The Balaban J connectivity index is 2.17. The van der Waals surface area contributed by atoms with E-state index in [4.69, 9.17) is 16.3 Å². The lowest BCUT2D eigenvalue weighted by Gasteiger charge is -2.28. The van der Waals surface area contributed by atoms with Crippen molar-refractivity contribution >= 4 is 28.4 Å². The number of ether oxygens (including phenoxy) is 1. The maximum Gasteiger partial charge on any atom is 0.253 e. The minimum atomic E-state index is -0.0837. The molecule has 0 radical (unpaired) electrons. The molecule has 1 aromatic heterocycles. The van der Waals surface area contributed by atoms with Gasteiger partial charge in [-0.15, -0.1) is 0 Å². The minimum absolute atomic E-state index is 0.0837. The average Bonchev–Trinajstić information content (AvgIpc) is 2.69. The van der Waals surface area contributed by atoms with E-state index in [-0.39, 0.29) is 5.91 Å². The molecule has 0 saturated carbocycles. The summed E-state index contributed by atoms with van der Waals surface area (Å²) in [5, 5.41) is 4.26. The van der Waals surface area contributed by atoms with E-state index in [0.717, 1.165) is 10.9 Å². The lowest BCUT2D eigenvalue weighted by Crippen LogP contribution is -2.30. The van der Waals surface area contributed by atoms with E-state index >= 15 is 0 Å². The van der Waals surface area contributed by atoms with Crippen molar-refractivity contribution in [3.8, 4) is 0 Å². The molecule has 1 fully saturated rings. The van der Waals surface area contributed by atoms with Crippen LogP contribution in [0.5, 0.6) is 0 Å². The molecule has 0 spiro atoms. The predicted molar refractivity (Wildman–Crippen MR) is 74.8 cm³/mol. The van der Waals surface area contributed by atoms with Gasteiger partial charge in [-0.3, -0.25) is 4.79 Å². The van der Waals surface area contributed by atoms with Gasteiger partial charge in [0.1, 0.15) is 0 Å². The summed E-state index contributed by atoms with van der Waals surface area (Å²) in [7, 11) is 0. The molecule has 2 heterocycles. The van der Waals surface area contributed by atoms with Crippen molar-refractivity contribution in [1.82, 2.24) is 9.88 Å². The standard InChI is InChI=1S/C14H15ClN2O2/c1-2-16-14(18)10-6-17(9-7-19-8-9)12-5-3-4-11(15)13(10)12/h3-6,9H,2,7-8H2,1H3,(H,16,18). The summed E-state index contributed by atoms with van der Waals surface area (Å²) in [4.78, 5) is 12.1. The number of aromatic nitrogens is 1. The van der Waals surface area contributed by atoms with Crippen molar-refractivity contribution in [3.63, 3.8) is 0 Å². The van der Waals surface area contributed by atoms with E-state index in [2.05, 4.69) is 9.88 Å². The molecular formula is C14H15ClN2O2. The number of halogens is 1. The summed E-state index contributed by atoms with van der Waals surface area (Å²) in [5.74, 6) is -0.0837. The Morgan fingerprint density at radius 2 is 2.32 bits per heavy atom. The topological polar surface area (TPSA) is 43.3 Å². The number of nitrogens with one attached hydrogen (secondary N) is 1. The fraction of sp³-hybridized carbons (Fsp3) is 0.357. The molecule has 4 nitrogen and oxygen atoms in total. The lowest BCUT2D eigenvalue weighted by atomic mass is 10.1. The Kier molecular flexibility index (Phi) is 3.21. The molecule has 1 aromatic carbocycles. The van der Waals surface area contributed by atoms with Crippen LogP contribution in [0.1, 0.15) is 23.3 Å². The summed E-state index contributed by atoms with van der Waals surface area (Å²) >= 11 is 6.26. The van der Waals surface area contributed by atoms with Crippen molar-refractivity contribution in [2.75, 3.05) is 19.8 Å². The third kappa shape index (κ3) is 2.01. The maximum absolute atomic E-state index is 12.1. The van der Waals surface area contributed by atoms with Crippen molar-refractivity contribution in [1.29, 1.82) is 0 Å². The minimum Gasteiger partial charge on any atom is -0.377 e. The highest BCUT2D eigenvalue weighted by Gasteiger charge is 2.25. The second kappa shape index (κ2) is 4.87. The van der Waals surface area contributed by atoms with E-state index < -0.39 is 0 Å². The number of rotatable bonds is 3. The summed E-state index contributed by atoms with van der Waals surface area (Å²) in [6.45, 7) is 3.87. The molecule has 3 rings (SSSR count). The Labute approximate surface area is 116 Å². The van der Waals surface area contributed by atoms with E-state index in [9.17, 15) is 4.79 Å². The SMILES string of the molecule is CCNC(=O)c1cn(C2COC2)c2cccc(Cl)c12. The van der Waals surface area contributed by atoms with Crippen LogP contribution in [0.4, 0.5) is 0 Å². The molecule has 0 unspecified atom stereocenters. The van der Waals surface area contributed by atoms with E-state index in [1.165, 1.54) is 0 Å². The summed E-state index contributed by atoms with van der Waals surface area (Å²) < 4.78 is 7.32. The van der Waals surface area contributed by atoms with Crippen LogP contribution in [-0.4, -0.2) is 30.2 Å². The molecule has 2 aromatic rings. The van der Waals surface area contributed by atoms with E-state index in [1.807, 2.05) is 31.3 Å². The number of fused-ring (bicyclic) bond motifs is 1. The second-order valence-corrected chi connectivity index (χ2v) is 5.04. The third-order valence-corrected chi connectivity index (χ3v) is 3.72. The average molecular weight is 279 g/mol. The molecule has 0 aliphatic carbocycles. The monoisotopic (exact) mass is 278 g/mol. The quantitative estimate of drug-likeness (QED) is 0.938. The zero-order valence-corrected chi connectivity index (χ0v) is 11.4. The third-order valence-electron chi connectivity index (χ3n) is 3.40. The highest BCUT2D eigenvalue weighted by Crippen LogP contribution is 2.32. The Hall–Kier alpha value is -1.52. The number of benzene rings is 1. The van der Waals surface area contributed by atoms with Crippen molar-refractivity contribution in [2.24, 2.45) is 0 Å². The Bertz CT molecular complexity index is 632. The molecule has 1 saturated heterocycles. The van der Waals surface area contributed by atoms with E-state index in [1.54, 1.807) is 0 Å². The van der Waals surface area contributed by atoms with Gasteiger partial charge in [0.15, 0.2) is 0 Å². The summed E-state index contributed by atoms with van der Waals surface area (Å²) in [6, 6.07) is 6.00.